The number of nitrogens with zero attached hydrogens (tertiary/aromatic N) is 2. The van der Waals surface area contributed by atoms with E-state index in [4.69, 9.17) is 11.6 Å². The molecule has 2 aromatic rings. The molecule has 1 heterocycles. The lowest BCUT2D eigenvalue weighted by molar-refractivity contribution is -0.385. The summed E-state index contributed by atoms with van der Waals surface area (Å²) in [7, 11) is 0. The molecule has 0 amide bonds. The van der Waals surface area contributed by atoms with Gasteiger partial charge in [-0.15, -0.1) is 0 Å². The molecule has 1 unspecified atom stereocenters. The molecule has 0 aliphatic rings. The van der Waals surface area contributed by atoms with Gasteiger partial charge in [-0.1, -0.05) is 23.7 Å². The summed E-state index contributed by atoms with van der Waals surface area (Å²) in [6.07, 6.45) is 1.26. The predicted molar refractivity (Wildman–Crippen MR) is 86.8 cm³/mol. The van der Waals surface area contributed by atoms with Gasteiger partial charge in [0.2, 0.25) is 0 Å². The van der Waals surface area contributed by atoms with Crippen LogP contribution < -0.4 is 5.32 Å². The number of pyridine rings is 1. The minimum Gasteiger partial charge on any atom is -0.363 e. The number of anilines is 1. The van der Waals surface area contributed by atoms with Gasteiger partial charge in [-0.3, -0.25) is 10.1 Å². The fraction of sp³-hybridized carbons (Fsp3) is 0.214. The van der Waals surface area contributed by atoms with Crippen molar-refractivity contribution in [2.45, 2.75) is 19.9 Å². The smallest absolute Gasteiger partial charge is 0.291 e. The van der Waals surface area contributed by atoms with E-state index in [9.17, 15) is 10.1 Å². The molecule has 0 fully saturated rings. The zero-order valence-corrected chi connectivity index (χ0v) is 13.8. The molecule has 0 saturated carbocycles. The number of benzene rings is 1. The summed E-state index contributed by atoms with van der Waals surface area (Å²) in [5.41, 5.74) is 1.53. The van der Waals surface area contributed by atoms with Crippen molar-refractivity contribution in [2.75, 3.05) is 5.32 Å². The number of hydrogen-bond donors (Lipinski definition) is 1. The second-order valence-corrected chi connectivity index (χ2v) is 5.84. The van der Waals surface area contributed by atoms with Crippen molar-refractivity contribution in [3.05, 3.63) is 61.2 Å². The first-order valence-electron chi connectivity index (χ1n) is 6.21. The largest absolute Gasteiger partial charge is 0.363 e. The second-order valence-electron chi connectivity index (χ2n) is 4.61. The van der Waals surface area contributed by atoms with E-state index in [2.05, 4.69) is 26.2 Å². The molecule has 0 spiro atoms. The highest BCUT2D eigenvalue weighted by Gasteiger charge is 2.18. The molecule has 0 aliphatic heterocycles. The van der Waals surface area contributed by atoms with Crippen LogP contribution in [0.3, 0.4) is 0 Å². The van der Waals surface area contributed by atoms with Gasteiger partial charge in [0.25, 0.3) is 5.69 Å². The Morgan fingerprint density at radius 3 is 2.81 bits per heavy atom. The molecule has 110 valence electrons. The van der Waals surface area contributed by atoms with Gasteiger partial charge in [-0.2, -0.15) is 0 Å². The van der Waals surface area contributed by atoms with Gasteiger partial charge in [-0.05, 0) is 47.5 Å². The van der Waals surface area contributed by atoms with Crippen LogP contribution in [0.15, 0.2) is 34.9 Å². The third-order valence-electron chi connectivity index (χ3n) is 3.14. The van der Waals surface area contributed by atoms with Gasteiger partial charge in [0, 0.05) is 10.6 Å². The topological polar surface area (TPSA) is 68.1 Å². The Balaban J connectivity index is 2.28. The minimum atomic E-state index is -0.447. The quantitative estimate of drug-likeness (QED) is 0.615. The number of rotatable bonds is 4. The second kappa shape index (κ2) is 6.41. The number of halogens is 2. The van der Waals surface area contributed by atoms with Crippen LogP contribution in [0.5, 0.6) is 0 Å². The van der Waals surface area contributed by atoms with E-state index in [-0.39, 0.29) is 11.7 Å². The standard InChI is InChI=1S/C14H13BrClN3O2/c1-8-12(19(20)21)7-17-14(13(8)15)18-9(2)10-4-3-5-11(16)6-10/h3-7,9H,1-2H3,(H,17,18). The Hall–Kier alpha value is -1.66. The average Bonchev–Trinajstić information content (AvgIpc) is 2.43. The number of hydrogen-bond acceptors (Lipinski definition) is 4. The van der Waals surface area contributed by atoms with Crippen molar-refractivity contribution in [1.82, 2.24) is 4.98 Å². The Morgan fingerprint density at radius 2 is 2.19 bits per heavy atom. The molecule has 0 aliphatic carbocycles. The van der Waals surface area contributed by atoms with Crippen molar-refractivity contribution < 1.29 is 4.92 Å². The molecular formula is C14H13BrClN3O2. The Bertz CT molecular complexity index is 694. The Kier molecular flexibility index (Phi) is 4.80. The highest BCUT2D eigenvalue weighted by atomic mass is 79.9. The molecule has 1 aromatic heterocycles. The SMILES string of the molecule is Cc1c([N+](=O)[O-])cnc(NC(C)c2cccc(Cl)c2)c1Br. The predicted octanol–water partition coefficient (Wildman–Crippen LogP) is 4.89. The van der Waals surface area contributed by atoms with Crippen LogP contribution in [-0.2, 0) is 0 Å². The Labute approximate surface area is 135 Å². The van der Waals surface area contributed by atoms with Crippen LogP contribution in [0.1, 0.15) is 24.1 Å². The highest BCUT2D eigenvalue weighted by molar-refractivity contribution is 9.10. The molecule has 7 heteroatoms. The first-order chi connectivity index (χ1) is 9.90. The van der Waals surface area contributed by atoms with Crippen LogP contribution in [0.4, 0.5) is 11.5 Å². The maximum Gasteiger partial charge on any atom is 0.291 e. The van der Waals surface area contributed by atoms with Crippen molar-refractivity contribution >= 4 is 39.0 Å². The van der Waals surface area contributed by atoms with Gasteiger partial charge in [0.05, 0.1) is 15.4 Å². The van der Waals surface area contributed by atoms with E-state index < -0.39 is 4.92 Å². The first-order valence-corrected chi connectivity index (χ1v) is 7.38. The molecule has 21 heavy (non-hydrogen) atoms. The van der Waals surface area contributed by atoms with E-state index in [1.807, 2.05) is 31.2 Å². The maximum absolute atomic E-state index is 10.9. The molecule has 0 radical (unpaired) electrons. The highest BCUT2D eigenvalue weighted by Crippen LogP contribution is 2.32. The van der Waals surface area contributed by atoms with Gasteiger partial charge < -0.3 is 5.32 Å². The molecule has 0 saturated heterocycles. The summed E-state index contributed by atoms with van der Waals surface area (Å²) in [5.74, 6) is 0.561. The summed E-state index contributed by atoms with van der Waals surface area (Å²) < 4.78 is 0.588. The van der Waals surface area contributed by atoms with Gasteiger partial charge in [0.1, 0.15) is 12.0 Å². The molecule has 1 N–H and O–H groups in total. The summed E-state index contributed by atoms with van der Waals surface area (Å²) in [4.78, 5) is 14.5. The molecule has 0 bridgehead atoms. The van der Waals surface area contributed by atoms with Crippen LogP contribution in [-0.4, -0.2) is 9.91 Å². The van der Waals surface area contributed by atoms with Crippen molar-refractivity contribution in [3.8, 4) is 0 Å². The lowest BCUT2D eigenvalue weighted by Crippen LogP contribution is -2.09. The van der Waals surface area contributed by atoms with Crippen LogP contribution in [0.25, 0.3) is 0 Å². The number of aromatic nitrogens is 1. The summed E-state index contributed by atoms with van der Waals surface area (Å²) >= 11 is 9.34. The number of nitrogens with one attached hydrogen (secondary N) is 1. The average molecular weight is 371 g/mol. The molecule has 5 nitrogen and oxygen atoms in total. The molecular weight excluding hydrogens is 358 g/mol. The Morgan fingerprint density at radius 1 is 1.48 bits per heavy atom. The third kappa shape index (κ3) is 3.51. The van der Waals surface area contributed by atoms with Crippen molar-refractivity contribution in [3.63, 3.8) is 0 Å². The third-order valence-corrected chi connectivity index (χ3v) is 4.34. The van der Waals surface area contributed by atoms with Crippen LogP contribution in [0, 0.1) is 17.0 Å². The number of nitro groups is 1. The van der Waals surface area contributed by atoms with Gasteiger partial charge in [0.15, 0.2) is 0 Å². The van der Waals surface area contributed by atoms with Crippen LogP contribution >= 0.6 is 27.5 Å². The molecule has 1 aromatic carbocycles. The molecule has 2 rings (SSSR count). The van der Waals surface area contributed by atoms with Crippen molar-refractivity contribution in [2.24, 2.45) is 0 Å². The van der Waals surface area contributed by atoms with E-state index >= 15 is 0 Å². The minimum absolute atomic E-state index is 0.0113. The summed E-state index contributed by atoms with van der Waals surface area (Å²) in [6.45, 7) is 3.65. The fourth-order valence-corrected chi connectivity index (χ4v) is 2.54. The normalized spacial score (nSPS) is 12.0. The van der Waals surface area contributed by atoms with E-state index in [0.717, 1.165) is 5.56 Å². The van der Waals surface area contributed by atoms with E-state index in [0.29, 0.717) is 20.9 Å². The fourth-order valence-electron chi connectivity index (χ4n) is 1.92. The van der Waals surface area contributed by atoms with Crippen molar-refractivity contribution in [1.29, 1.82) is 0 Å². The zero-order chi connectivity index (χ0) is 15.6. The molecule has 1 atom stereocenters. The van der Waals surface area contributed by atoms with Gasteiger partial charge >= 0.3 is 0 Å². The van der Waals surface area contributed by atoms with E-state index in [1.165, 1.54) is 6.20 Å². The summed E-state index contributed by atoms with van der Waals surface area (Å²) in [6, 6.07) is 7.47. The monoisotopic (exact) mass is 369 g/mol. The lowest BCUT2D eigenvalue weighted by atomic mass is 10.1. The lowest BCUT2D eigenvalue weighted by Gasteiger charge is -2.17. The summed E-state index contributed by atoms with van der Waals surface area (Å²) in [5, 5.41) is 14.8. The van der Waals surface area contributed by atoms with Crippen LogP contribution in [0.2, 0.25) is 5.02 Å². The van der Waals surface area contributed by atoms with Gasteiger partial charge in [-0.25, -0.2) is 4.98 Å². The zero-order valence-electron chi connectivity index (χ0n) is 11.4. The van der Waals surface area contributed by atoms with E-state index in [1.54, 1.807) is 6.92 Å². The first kappa shape index (κ1) is 15.7. The maximum atomic E-state index is 10.9.